The van der Waals surface area contributed by atoms with E-state index >= 15 is 0 Å². The predicted molar refractivity (Wildman–Crippen MR) is 56.7 cm³/mol. The fourth-order valence-electron chi connectivity index (χ4n) is 1.60. The lowest BCUT2D eigenvalue weighted by molar-refractivity contribution is 0.493. The summed E-state index contributed by atoms with van der Waals surface area (Å²) in [5.74, 6) is 0.728. The molecule has 0 radical (unpaired) electrons. The summed E-state index contributed by atoms with van der Waals surface area (Å²) < 4.78 is 0. The fourth-order valence-corrected chi connectivity index (χ4v) is 1.74. The predicted octanol–water partition coefficient (Wildman–Crippen LogP) is 0.928. The zero-order valence-corrected chi connectivity index (χ0v) is 8.83. The highest BCUT2D eigenvalue weighted by Gasteiger charge is 2.20. The van der Waals surface area contributed by atoms with Crippen LogP contribution in [0.5, 0.6) is 0 Å². The Hall–Kier alpha value is -0.870. The van der Waals surface area contributed by atoms with Gasteiger partial charge < -0.3 is 10.2 Å². The van der Waals surface area contributed by atoms with Crippen LogP contribution in [0.3, 0.4) is 0 Å². The van der Waals surface area contributed by atoms with Crippen molar-refractivity contribution >= 4 is 17.5 Å². The van der Waals surface area contributed by atoms with E-state index in [1.54, 1.807) is 12.3 Å². The van der Waals surface area contributed by atoms with Crippen molar-refractivity contribution in [2.75, 3.05) is 24.5 Å². The second-order valence-corrected chi connectivity index (χ2v) is 3.81. The Morgan fingerprint density at radius 3 is 3.21 bits per heavy atom. The summed E-state index contributed by atoms with van der Waals surface area (Å²) >= 11 is 5.82. The smallest absolute Gasteiger partial charge is 0.227 e. The van der Waals surface area contributed by atoms with Crippen LogP contribution in [0.1, 0.15) is 6.92 Å². The summed E-state index contributed by atoms with van der Waals surface area (Å²) in [6, 6.07) is 2.11. The molecule has 0 bridgehead atoms. The second kappa shape index (κ2) is 4.11. The van der Waals surface area contributed by atoms with Crippen molar-refractivity contribution in [2.24, 2.45) is 0 Å². The number of halogens is 1. The average Bonchev–Trinajstić information content (AvgIpc) is 2.18. The van der Waals surface area contributed by atoms with Crippen LogP contribution in [-0.4, -0.2) is 35.6 Å². The molecule has 4 nitrogen and oxygen atoms in total. The highest BCUT2D eigenvalue weighted by molar-refractivity contribution is 6.29. The Kier molecular flexibility index (Phi) is 2.84. The van der Waals surface area contributed by atoms with Crippen LogP contribution in [0.15, 0.2) is 12.3 Å². The summed E-state index contributed by atoms with van der Waals surface area (Å²) in [6.07, 6.45) is 1.69. The summed E-state index contributed by atoms with van der Waals surface area (Å²) in [5, 5.41) is 3.82. The Morgan fingerprint density at radius 2 is 2.50 bits per heavy atom. The summed E-state index contributed by atoms with van der Waals surface area (Å²) in [6.45, 7) is 5.02. The molecule has 1 saturated heterocycles. The lowest BCUT2D eigenvalue weighted by Gasteiger charge is -2.33. The molecule has 76 valence electrons. The minimum absolute atomic E-state index is 0.419. The van der Waals surface area contributed by atoms with Crippen LogP contribution < -0.4 is 10.2 Å². The Balaban J connectivity index is 2.20. The minimum atomic E-state index is 0.419. The van der Waals surface area contributed by atoms with Crippen LogP contribution in [0.25, 0.3) is 0 Å². The van der Waals surface area contributed by atoms with Gasteiger partial charge in [-0.1, -0.05) is 11.6 Å². The van der Waals surface area contributed by atoms with Crippen molar-refractivity contribution in [2.45, 2.75) is 13.0 Å². The molecule has 5 heteroatoms. The molecule has 0 spiro atoms. The normalized spacial score (nSPS) is 22.4. The highest BCUT2D eigenvalue weighted by Crippen LogP contribution is 2.14. The molecule has 0 saturated carbocycles. The van der Waals surface area contributed by atoms with E-state index in [-0.39, 0.29) is 0 Å². The lowest BCUT2D eigenvalue weighted by Crippen LogP contribution is -2.50. The van der Waals surface area contributed by atoms with Crippen LogP contribution in [0.4, 0.5) is 5.95 Å². The maximum absolute atomic E-state index is 5.82. The zero-order chi connectivity index (χ0) is 9.97. The molecule has 2 heterocycles. The van der Waals surface area contributed by atoms with Gasteiger partial charge in [-0.2, -0.15) is 0 Å². The van der Waals surface area contributed by atoms with Crippen LogP contribution in [-0.2, 0) is 0 Å². The Morgan fingerprint density at radius 1 is 1.64 bits per heavy atom. The largest absolute Gasteiger partial charge is 0.336 e. The number of rotatable bonds is 1. The van der Waals surface area contributed by atoms with E-state index in [4.69, 9.17) is 11.6 Å². The van der Waals surface area contributed by atoms with Crippen molar-refractivity contribution in [1.29, 1.82) is 0 Å². The van der Waals surface area contributed by atoms with Gasteiger partial charge in [0.2, 0.25) is 5.95 Å². The molecule has 0 aromatic carbocycles. The molecule has 1 aliphatic heterocycles. The van der Waals surface area contributed by atoms with Gasteiger partial charge in [0.15, 0.2) is 0 Å². The Labute approximate surface area is 88.3 Å². The van der Waals surface area contributed by atoms with Crippen molar-refractivity contribution < 1.29 is 0 Å². The van der Waals surface area contributed by atoms with Crippen LogP contribution in [0.2, 0.25) is 5.15 Å². The molecular weight excluding hydrogens is 200 g/mol. The SMILES string of the molecule is C[C@H]1CNCCN1c1nccc(Cl)n1. The van der Waals surface area contributed by atoms with E-state index in [0.717, 1.165) is 25.6 Å². The fraction of sp³-hybridized carbons (Fsp3) is 0.556. The first-order valence-corrected chi connectivity index (χ1v) is 5.11. The van der Waals surface area contributed by atoms with Gasteiger partial charge in [0.05, 0.1) is 0 Å². The number of anilines is 1. The van der Waals surface area contributed by atoms with Crippen LogP contribution >= 0.6 is 11.6 Å². The monoisotopic (exact) mass is 212 g/mol. The van der Waals surface area contributed by atoms with Gasteiger partial charge in [-0.3, -0.25) is 0 Å². The van der Waals surface area contributed by atoms with Gasteiger partial charge in [0.1, 0.15) is 5.15 Å². The van der Waals surface area contributed by atoms with Gasteiger partial charge in [-0.15, -0.1) is 0 Å². The van der Waals surface area contributed by atoms with E-state index in [0.29, 0.717) is 11.2 Å². The lowest BCUT2D eigenvalue weighted by atomic mass is 10.2. The number of hydrogen-bond acceptors (Lipinski definition) is 4. The molecule has 1 aromatic rings. The molecule has 1 aliphatic rings. The second-order valence-electron chi connectivity index (χ2n) is 3.43. The topological polar surface area (TPSA) is 41.0 Å². The zero-order valence-electron chi connectivity index (χ0n) is 8.07. The van der Waals surface area contributed by atoms with Crippen molar-refractivity contribution in [3.8, 4) is 0 Å². The standard InChI is InChI=1S/C9H13ClN4/c1-7-6-11-4-5-14(7)9-12-3-2-8(10)13-9/h2-3,7,11H,4-6H2,1H3/t7-/m0/s1. The van der Waals surface area contributed by atoms with Crippen LogP contribution in [0, 0.1) is 0 Å². The summed E-state index contributed by atoms with van der Waals surface area (Å²) in [5.41, 5.74) is 0. The van der Waals surface area contributed by atoms with E-state index < -0.39 is 0 Å². The highest BCUT2D eigenvalue weighted by atomic mass is 35.5. The number of piperazine rings is 1. The first-order chi connectivity index (χ1) is 6.77. The van der Waals surface area contributed by atoms with Crippen molar-refractivity contribution in [3.63, 3.8) is 0 Å². The maximum atomic E-state index is 5.82. The maximum Gasteiger partial charge on any atom is 0.227 e. The van der Waals surface area contributed by atoms with E-state index in [9.17, 15) is 0 Å². The molecule has 0 unspecified atom stereocenters. The molecule has 1 fully saturated rings. The molecule has 1 aromatic heterocycles. The molecule has 0 amide bonds. The summed E-state index contributed by atoms with van der Waals surface area (Å²) in [4.78, 5) is 10.6. The van der Waals surface area contributed by atoms with Gasteiger partial charge in [0, 0.05) is 31.9 Å². The van der Waals surface area contributed by atoms with Gasteiger partial charge in [-0.05, 0) is 13.0 Å². The third-order valence-corrected chi connectivity index (χ3v) is 2.58. The van der Waals surface area contributed by atoms with Crippen molar-refractivity contribution in [3.05, 3.63) is 17.4 Å². The average molecular weight is 213 g/mol. The summed E-state index contributed by atoms with van der Waals surface area (Å²) in [7, 11) is 0. The molecule has 1 atom stereocenters. The Bertz CT molecular complexity index is 317. The molecule has 1 N–H and O–H groups in total. The van der Waals surface area contributed by atoms with Gasteiger partial charge >= 0.3 is 0 Å². The quantitative estimate of drug-likeness (QED) is 0.704. The van der Waals surface area contributed by atoms with E-state index in [2.05, 4.69) is 27.1 Å². The first-order valence-electron chi connectivity index (χ1n) is 4.73. The molecule has 0 aliphatic carbocycles. The number of nitrogens with zero attached hydrogens (tertiary/aromatic N) is 3. The number of nitrogens with one attached hydrogen (secondary N) is 1. The molecule has 14 heavy (non-hydrogen) atoms. The molecular formula is C9H13ClN4. The van der Waals surface area contributed by atoms with Crippen molar-refractivity contribution in [1.82, 2.24) is 15.3 Å². The third-order valence-electron chi connectivity index (χ3n) is 2.37. The minimum Gasteiger partial charge on any atom is -0.336 e. The van der Waals surface area contributed by atoms with Gasteiger partial charge in [0.25, 0.3) is 0 Å². The third kappa shape index (κ3) is 1.96. The van der Waals surface area contributed by atoms with E-state index in [1.165, 1.54) is 0 Å². The van der Waals surface area contributed by atoms with Gasteiger partial charge in [-0.25, -0.2) is 9.97 Å². The number of hydrogen-bond donors (Lipinski definition) is 1. The molecule has 2 rings (SSSR count). The number of aromatic nitrogens is 2. The first kappa shape index (κ1) is 9.68. The van der Waals surface area contributed by atoms with E-state index in [1.807, 2.05) is 0 Å².